The predicted molar refractivity (Wildman–Crippen MR) is 128 cm³/mol. The molecule has 32 heavy (non-hydrogen) atoms. The molecule has 2 aliphatic rings. The topological polar surface area (TPSA) is 69.7 Å². The Morgan fingerprint density at radius 1 is 1.03 bits per heavy atom. The van der Waals surface area contributed by atoms with Gasteiger partial charge in [-0.05, 0) is 74.4 Å². The monoisotopic (exact) mass is 469 g/mol. The lowest BCUT2D eigenvalue weighted by Gasteiger charge is -2.40. The van der Waals surface area contributed by atoms with Crippen LogP contribution >= 0.6 is 23.2 Å². The number of nitrogens with one attached hydrogen (secondary N) is 1. The summed E-state index contributed by atoms with van der Waals surface area (Å²) >= 11 is 12.5. The molecule has 2 aromatic rings. The van der Waals surface area contributed by atoms with E-state index in [2.05, 4.69) is 30.1 Å². The molecule has 4 rings (SSSR count). The van der Waals surface area contributed by atoms with E-state index in [-0.39, 0.29) is 11.1 Å². The Morgan fingerprint density at radius 2 is 1.69 bits per heavy atom. The van der Waals surface area contributed by atoms with E-state index in [9.17, 15) is 14.4 Å². The number of imide groups is 2. The Balaban J connectivity index is 1.78. The molecule has 2 aromatic carbocycles. The maximum atomic E-state index is 13.1. The van der Waals surface area contributed by atoms with Gasteiger partial charge in [-0.15, -0.1) is 0 Å². The maximum absolute atomic E-state index is 13.1. The zero-order chi connectivity index (χ0) is 23.4. The van der Waals surface area contributed by atoms with Crippen molar-refractivity contribution in [3.8, 4) is 0 Å². The second-order valence-electron chi connectivity index (χ2n) is 8.37. The third-order valence-electron chi connectivity index (χ3n) is 5.82. The molecule has 6 nitrogen and oxygen atoms in total. The largest absolute Gasteiger partial charge is 0.365 e. The number of amides is 4. The average Bonchev–Trinajstić information content (AvgIpc) is 2.71. The second-order valence-corrected chi connectivity index (χ2v) is 9.21. The molecular weight excluding hydrogens is 449 g/mol. The number of rotatable bonds is 2. The Bertz CT molecular complexity index is 1230. The molecule has 0 aromatic heterocycles. The van der Waals surface area contributed by atoms with Gasteiger partial charge < -0.3 is 4.90 Å². The summed E-state index contributed by atoms with van der Waals surface area (Å²) in [6.07, 6.45) is 3.57. The lowest BCUT2D eigenvalue weighted by Crippen LogP contribution is -2.54. The average molecular weight is 470 g/mol. The maximum Gasteiger partial charge on any atom is 0.335 e. The number of hydrogen-bond acceptors (Lipinski definition) is 4. The summed E-state index contributed by atoms with van der Waals surface area (Å²) < 4.78 is 0. The van der Waals surface area contributed by atoms with Gasteiger partial charge in [0.1, 0.15) is 5.57 Å². The molecule has 1 fully saturated rings. The Morgan fingerprint density at radius 3 is 2.34 bits per heavy atom. The van der Waals surface area contributed by atoms with Crippen molar-refractivity contribution < 1.29 is 14.4 Å². The SMILES string of the molecule is CC1=CC(C)(C)N(C)c2cc(Cl)c(/C=C3\C(=O)NC(=O)N(c4ccc(Cl)cc4)C3=O)cc21. The third-order valence-corrected chi connectivity index (χ3v) is 6.40. The number of hydrogen-bond donors (Lipinski definition) is 1. The van der Waals surface area contributed by atoms with Gasteiger partial charge in [0.25, 0.3) is 11.8 Å². The third kappa shape index (κ3) is 3.70. The Kier molecular flexibility index (Phi) is 5.39. The van der Waals surface area contributed by atoms with Crippen LogP contribution in [0, 0.1) is 0 Å². The first-order valence-electron chi connectivity index (χ1n) is 9.94. The lowest BCUT2D eigenvalue weighted by atomic mass is 9.88. The molecule has 4 amide bonds. The van der Waals surface area contributed by atoms with Crippen molar-refractivity contribution in [2.75, 3.05) is 16.8 Å². The molecule has 2 heterocycles. The van der Waals surface area contributed by atoms with Crippen LogP contribution in [0.15, 0.2) is 48.0 Å². The number of nitrogens with zero attached hydrogens (tertiary/aromatic N) is 2. The van der Waals surface area contributed by atoms with Crippen LogP contribution in [0.3, 0.4) is 0 Å². The second kappa shape index (κ2) is 7.80. The molecule has 8 heteroatoms. The Labute approximate surface area is 196 Å². The molecule has 1 N–H and O–H groups in total. The lowest BCUT2D eigenvalue weighted by molar-refractivity contribution is -0.122. The number of benzene rings is 2. The first kappa shape index (κ1) is 22.1. The van der Waals surface area contributed by atoms with Gasteiger partial charge in [-0.25, -0.2) is 9.69 Å². The van der Waals surface area contributed by atoms with Crippen LogP contribution < -0.4 is 15.1 Å². The number of anilines is 2. The number of allylic oxidation sites excluding steroid dienone is 1. The van der Waals surface area contributed by atoms with Crippen LogP contribution in [-0.4, -0.2) is 30.4 Å². The van der Waals surface area contributed by atoms with Gasteiger partial charge in [0.2, 0.25) is 0 Å². The van der Waals surface area contributed by atoms with Gasteiger partial charge >= 0.3 is 6.03 Å². The van der Waals surface area contributed by atoms with E-state index < -0.39 is 17.8 Å². The molecule has 0 radical (unpaired) electrons. The van der Waals surface area contributed by atoms with Crippen molar-refractivity contribution in [3.63, 3.8) is 0 Å². The van der Waals surface area contributed by atoms with E-state index >= 15 is 0 Å². The molecule has 2 aliphatic heterocycles. The van der Waals surface area contributed by atoms with Gasteiger partial charge in [-0.1, -0.05) is 29.3 Å². The number of urea groups is 1. The van der Waals surface area contributed by atoms with Crippen LogP contribution in [0.4, 0.5) is 16.2 Å². The minimum atomic E-state index is -0.821. The van der Waals surface area contributed by atoms with Crippen LogP contribution in [0.25, 0.3) is 11.6 Å². The Hall–Kier alpha value is -3.09. The van der Waals surface area contributed by atoms with E-state index in [0.717, 1.165) is 21.7 Å². The van der Waals surface area contributed by atoms with Crippen molar-refractivity contribution in [1.29, 1.82) is 0 Å². The summed E-state index contributed by atoms with van der Waals surface area (Å²) in [6.45, 7) is 6.23. The van der Waals surface area contributed by atoms with Gasteiger partial charge in [-0.2, -0.15) is 0 Å². The van der Waals surface area contributed by atoms with Crippen molar-refractivity contribution >= 4 is 64.1 Å². The number of barbiturate groups is 1. The molecule has 0 aliphatic carbocycles. The van der Waals surface area contributed by atoms with E-state index in [1.54, 1.807) is 12.1 Å². The summed E-state index contributed by atoms with van der Waals surface area (Å²) in [5.74, 6) is -1.51. The number of carbonyl (C=O) groups excluding carboxylic acids is 3. The molecule has 0 atom stereocenters. The molecule has 0 spiro atoms. The summed E-state index contributed by atoms with van der Waals surface area (Å²) in [7, 11) is 1.99. The highest BCUT2D eigenvalue weighted by Gasteiger charge is 2.37. The highest BCUT2D eigenvalue weighted by Crippen LogP contribution is 2.41. The highest BCUT2D eigenvalue weighted by atomic mass is 35.5. The van der Waals surface area contributed by atoms with Gasteiger partial charge in [0.15, 0.2) is 0 Å². The summed E-state index contributed by atoms with van der Waals surface area (Å²) in [6, 6.07) is 9.05. The molecule has 0 bridgehead atoms. The fraction of sp³-hybridized carbons (Fsp3) is 0.208. The smallest absolute Gasteiger partial charge is 0.335 e. The molecule has 0 saturated carbocycles. The quantitative estimate of drug-likeness (QED) is 0.478. The fourth-order valence-corrected chi connectivity index (χ4v) is 4.27. The minimum Gasteiger partial charge on any atom is -0.365 e. The van der Waals surface area contributed by atoms with Crippen molar-refractivity contribution in [2.24, 2.45) is 0 Å². The van der Waals surface area contributed by atoms with Gasteiger partial charge in [0.05, 0.1) is 11.2 Å². The van der Waals surface area contributed by atoms with E-state index in [4.69, 9.17) is 23.2 Å². The molecule has 164 valence electrons. The molecule has 1 saturated heterocycles. The molecular formula is C24H21Cl2N3O3. The van der Waals surface area contributed by atoms with Crippen molar-refractivity contribution in [2.45, 2.75) is 26.3 Å². The minimum absolute atomic E-state index is 0.181. The summed E-state index contributed by atoms with van der Waals surface area (Å²) in [5, 5.41) is 3.07. The number of fused-ring (bicyclic) bond motifs is 1. The molecule has 0 unspecified atom stereocenters. The van der Waals surface area contributed by atoms with Gasteiger partial charge in [-0.3, -0.25) is 14.9 Å². The van der Waals surface area contributed by atoms with Crippen LogP contribution in [0.1, 0.15) is 31.9 Å². The van der Waals surface area contributed by atoms with Crippen molar-refractivity contribution in [1.82, 2.24) is 5.32 Å². The zero-order valence-electron chi connectivity index (χ0n) is 18.0. The van der Waals surface area contributed by atoms with Crippen LogP contribution in [0.2, 0.25) is 10.0 Å². The number of likely N-dealkylation sites (N-methyl/N-ethyl adjacent to an activating group) is 1. The number of halogens is 2. The summed E-state index contributed by atoms with van der Waals surface area (Å²) in [4.78, 5) is 41.0. The zero-order valence-corrected chi connectivity index (χ0v) is 19.5. The van der Waals surface area contributed by atoms with Gasteiger partial charge in [0, 0.05) is 28.3 Å². The predicted octanol–water partition coefficient (Wildman–Crippen LogP) is 5.29. The van der Waals surface area contributed by atoms with E-state index in [1.807, 2.05) is 26.1 Å². The first-order chi connectivity index (χ1) is 15.0. The summed E-state index contributed by atoms with van der Waals surface area (Å²) in [5.41, 5.74) is 3.42. The van der Waals surface area contributed by atoms with Crippen molar-refractivity contribution in [3.05, 3.63) is 69.2 Å². The highest BCUT2D eigenvalue weighted by molar-refractivity contribution is 6.40. The van der Waals surface area contributed by atoms with Crippen LogP contribution in [-0.2, 0) is 9.59 Å². The standard InChI is InChI=1S/C24H21Cl2N3O3/c1-13-12-24(2,3)28(4)20-11-19(26)14(9-17(13)20)10-18-21(30)27-23(32)29(22(18)31)16-7-5-15(25)6-8-16/h5-12H,1-4H3,(H,27,30,32)/b18-10+. The fourth-order valence-electron chi connectivity index (χ4n) is 3.94. The first-order valence-corrected chi connectivity index (χ1v) is 10.7. The van der Waals surface area contributed by atoms with E-state index in [0.29, 0.717) is 21.3 Å². The van der Waals surface area contributed by atoms with Crippen LogP contribution in [0.5, 0.6) is 0 Å². The normalized spacial score (nSPS) is 19.1. The van der Waals surface area contributed by atoms with E-state index in [1.165, 1.54) is 18.2 Å². The number of carbonyl (C=O) groups is 3.